The number of hydrogen-bond acceptors (Lipinski definition) is 3. The van der Waals surface area contributed by atoms with Gasteiger partial charge < -0.3 is 5.32 Å². The van der Waals surface area contributed by atoms with Crippen molar-refractivity contribution in [2.45, 2.75) is 71.9 Å². The summed E-state index contributed by atoms with van der Waals surface area (Å²) in [4.78, 5) is 4.48. The van der Waals surface area contributed by atoms with Crippen LogP contribution in [-0.2, 0) is 13.0 Å². The molecule has 1 aliphatic carbocycles. The standard InChI is InChI=1S/C16H30N4/c1-4-8-17-15-7-5-6-14(9-15)10-16-18-12-19-20(16)11-13(2)3/h12-15,17H,4-11H2,1-3H3. The van der Waals surface area contributed by atoms with Gasteiger partial charge in [-0.05, 0) is 44.1 Å². The first-order valence-electron chi connectivity index (χ1n) is 8.29. The zero-order valence-corrected chi connectivity index (χ0v) is 13.3. The van der Waals surface area contributed by atoms with E-state index in [0.29, 0.717) is 5.92 Å². The van der Waals surface area contributed by atoms with Crippen molar-refractivity contribution in [3.05, 3.63) is 12.2 Å². The lowest BCUT2D eigenvalue weighted by atomic mass is 9.83. The largest absolute Gasteiger partial charge is 0.314 e. The highest BCUT2D eigenvalue weighted by atomic mass is 15.3. The van der Waals surface area contributed by atoms with Crippen LogP contribution in [0.1, 0.15) is 58.7 Å². The van der Waals surface area contributed by atoms with E-state index in [0.717, 1.165) is 31.5 Å². The molecule has 1 N–H and O–H groups in total. The van der Waals surface area contributed by atoms with Crippen LogP contribution in [0, 0.1) is 11.8 Å². The Morgan fingerprint density at radius 1 is 1.40 bits per heavy atom. The Morgan fingerprint density at radius 3 is 3.00 bits per heavy atom. The van der Waals surface area contributed by atoms with E-state index in [4.69, 9.17) is 0 Å². The van der Waals surface area contributed by atoms with Gasteiger partial charge in [0, 0.05) is 19.0 Å². The molecular weight excluding hydrogens is 248 g/mol. The van der Waals surface area contributed by atoms with Crippen molar-refractivity contribution < 1.29 is 0 Å². The first-order chi connectivity index (χ1) is 9.69. The third-order valence-electron chi connectivity index (χ3n) is 4.17. The second-order valence-electron chi connectivity index (χ2n) is 6.64. The van der Waals surface area contributed by atoms with Gasteiger partial charge in [-0.15, -0.1) is 0 Å². The Balaban J connectivity index is 1.87. The Labute approximate surface area is 123 Å². The van der Waals surface area contributed by atoms with Gasteiger partial charge in [0.2, 0.25) is 0 Å². The molecule has 0 aliphatic heterocycles. The van der Waals surface area contributed by atoms with Crippen LogP contribution in [0.25, 0.3) is 0 Å². The highest BCUT2D eigenvalue weighted by Gasteiger charge is 2.23. The third-order valence-corrected chi connectivity index (χ3v) is 4.17. The predicted molar refractivity (Wildman–Crippen MR) is 82.6 cm³/mol. The van der Waals surface area contributed by atoms with Crippen molar-refractivity contribution in [2.75, 3.05) is 6.54 Å². The monoisotopic (exact) mass is 278 g/mol. The van der Waals surface area contributed by atoms with E-state index in [9.17, 15) is 0 Å². The molecule has 1 saturated carbocycles. The van der Waals surface area contributed by atoms with Gasteiger partial charge >= 0.3 is 0 Å². The predicted octanol–water partition coefficient (Wildman–Crippen LogP) is 3.04. The summed E-state index contributed by atoms with van der Waals surface area (Å²) >= 11 is 0. The average Bonchev–Trinajstić information content (AvgIpc) is 2.83. The van der Waals surface area contributed by atoms with Gasteiger partial charge in [0.05, 0.1) is 0 Å². The summed E-state index contributed by atoms with van der Waals surface area (Å²) in [7, 11) is 0. The fraction of sp³-hybridized carbons (Fsp3) is 0.875. The normalized spacial score (nSPS) is 23.4. The molecular formula is C16H30N4. The summed E-state index contributed by atoms with van der Waals surface area (Å²) in [5, 5.41) is 8.07. The third kappa shape index (κ3) is 4.58. The van der Waals surface area contributed by atoms with Crippen molar-refractivity contribution in [1.82, 2.24) is 20.1 Å². The molecule has 1 aliphatic rings. The first-order valence-corrected chi connectivity index (χ1v) is 8.29. The van der Waals surface area contributed by atoms with E-state index < -0.39 is 0 Å². The average molecular weight is 278 g/mol. The SMILES string of the molecule is CCCNC1CCCC(Cc2ncnn2CC(C)C)C1. The van der Waals surface area contributed by atoms with Crippen LogP contribution >= 0.6 is 0 Å². The van der Waals surface area contributed by atoms with E-state index in [1.807, 2.05) is 0 Å². The van der Waals surface area contributed by atoms with Gasteiger partial charge in [-0.3, -0.25) is 0 Å². The van der Waals surface area contributed by atoms with E-state index in [1.165, 1.54) is 37.9 Å². The summed E-state index contributed by atoms with van der Waals surface area (Å²) in [6.07, 6.45) is 9.38. The van der Waals surface area contributed by atoms with Gasteiger partial charge in [0.15, 0.2) is 0 Å². The Kier molecular flexibility index (Phi) is 6.02. The van der Waals surface area contributed by atoms with Crippen LogP contribution < -0.4 is 5.32 Å². The van der Waals surface area contributed by atoms with E-state index in [1.54, 1.807) is 6.33 Å². The Morgan fingerprint density at radius 2 is 2.25 bits per heavy atom. The molecule has 1 fully saturated rings. The molecule has 1 aromatic rings. The number of nitrogens with one attached hydrogen (secondary N) is 1. The van der Waals surface area contributed by atoms with E-state index in [-0.39, 0.29) is 0 Å². The maximum absolute atomic E-state index is 4.48. The van der Waals surface area contributed by atoms with Crippen LogP contribution in [0.2, 0.25) is 0 Å². The van der Waals surface area contributed by atoms with Crippen molar-refractivity contribution in [2.24, 2.45) is 11.8 Å². The van der Waals surface area contributed by atoms with Crippen LogP contribution in [-0.4, -0.2) is 27.4 Å². The molecule has 1 heterocycles. The smallest absolute Gasteiger partial charge is 0.138 e. The summed E-state index contributed by atoms with van der Waals surface area (Å²) in [5.41, 5.74) is 0. The molecule has 0 bridgehead atoms. The zero-order valence-electron chi connectivity index (χ0n) is 13.3. The van der Waals surface area contributed by atoms with Crippen molar-refractivity contribution in [1.29, 1.82) is 0 Å². The van der Waals surface area contributed by atoms with Gasteiger partial charge in [-0.25, -0.2) is 9.67 Å². The lowest BCUT2D eigenvalue weighted by molar-refractivity contribution is 0.277. The topological polar surface area (TPSA) is 42.7 Å². The molecule has 1 aromatic heterocycles. The maximum atomic E-state index is 4.48. The zero-order chi connectivity index (χ0) is 14.4. The van der Waals surface area contributed by atoms with Crippen molar-refractivity contribution in [3.63, 3.8) is 0 Å². The summed E-state index contributed by atoms with van der Waals surface area (Å²) in [6, 6.07) is 0.718. The molecule has 0 saturated heterocycles. The van der Waals surface area contributed by atoms with Crippen LogP contribution in [0.4, 0.5) is 0 Å². The van der Waals surface area contributed by atoms with E-state index >= 15 is 0 Å². The van der Waals surface area contributed by atoms with Gasteiger partial charge in [-0.2, -0.15) is 5.10 Å². The second kappa shape index (κ2) is 7.77. The highest BCUT2D eigenvalue weighted by molar-refractivity contribution is 4.90. The summed E-state index contributed by atoms with van der Waals surface area (Å²) in [5.74, 6) is 2.58. The minimum atomic E-state index is 0.626. The van der Waals surface area contributed by atoms with E-state index in [2.05, 4.69) is 40.9 Å². The Bertz CT molecular complexity index is 386. The fourth-order valence-corrected chi connectivity index (χ4v) is 3.21. The molecule has 20 heavy (non-hydrogen) atoms. The first kappa shape index (κ1) is 15.5. The fourth-order valence-electron chi connectivity index (χ4n) is 3.21. The van der Waals surface area contributed by atoms with Crippen molar-refractivity contribution in [3.8, 4) is 0 Å². The molecule has 2 atom stereocenters. The molecule has 114 valence electrons. The molecule has 4 heteroatoms. The number of aromatic nitrogens is 3. The minimum Gasteiger partial charge on any atom is -0.314 e. The number of hydrogen-bond donors (Lipinski definition) is 1. The lowest BCUT2D eigenvalue weighted by Gasteiger charge is -2.29. The molecule has 0 spiro atoms. The molecule has 0 radical (unpaired) electrons. The number of rotatable bonds is 7. The van der Waals surface area contributed by atoms with Crippen LogP contribution in [0.15, 0.2) is 6.33 Å². The Hall–Kier alpha value is -0.900. The van der Waals surface area contributed by atoms with Gasteiger partial charge in [0.25, 0.3) is 0 Å². The maximum Gasteiger partial charge on any atom is 0.138 e. The quantitative estimate of drug-likeness (QED) is 0.833. The molecule has 0 amide bonds. The minimum absolute atomic E-state index is 0.626. The highest BCUT2D eigenvalue weighted by Crippen LogP contribution is 2.27. The summed E-state index contributed by atoms with van der Waals surface area (Å²) < 4.78 is 2.10. The molecule has 0 aromatic carbocycles. The van der Waals surface area contributed by atoms with Gasteiger partial charge in [0.1, 0.15) is 12.2 Å². The van der Waals surface area contributed by atoms with Crippen molar-refractivity contribution >= 4 is 0 Å². The lowest BCUT2D eigenvalue weighted by Crippen LogP contribution is -2.35. The molecule has 2 rings (SSSR count). The summed E-state index contributed by atoms with van der Waals surface area (Å²) in [6.45, 7) is 8.84. The van der Waals surface area contributed by atoms with Gasteiger partial charge in [-0.1, -0.05) is 27.2 Å². The second-order valence-corrected chi connectivity index (χ2v) is 6.64. The molecule has 4 nitrogen and oxygen atoms in total. The van der Waals surface area contributed by atoms with Crippen LogP contribution in [0.5, 0.6) is 0 Å². The van der Waals surface area contributed by atoms with Crippen LogP contribution in [0.3, 0.4) is 0 Å². The molecule has 2 unspecified atom stereocenters. The number of nitrogens with zero attached hydrogens (tertiary/aromatic N) is 3.